The molecule has 0 radical (unpaired) electrons. The molecule has 0 aliphatic carbocycles. The van der Waals surface area contributed by atoms with E-state index in [0.29, 0.717) is 13.2 Å². The van der Waals surface area contributed by atoms with E-state index in [1.165, 1.54) is 65.3 Å². The second-order valence-electron chi connectivity index (χ2n) is 8.46. The Kier molecular flexibility index (Phi) is 3.52. The number of rotatable bonds is 1. The van der Waals surface area contributed by atoms with Crippen LogP contribution in [-0.2, 0) is 18.0 Å². The van der Waals surface area contributed by atoms with Gasteiger partial charge in [0.05, 0.1) is 13.2 Å². The van der Waals surface area contributed by atoms with Gasteiger partial charge in [-0.15, -0.1) is 0 Å². The van der Waals surface area contributed by atoms with Gasteiger partial charge in [-0.25, -0.2) is 0 Å². The molecule has 0 atom stereocenters. The molecule has 0 saturated carbocycles. The number of benzene rings is 6. The summed E-state index contributed by atoms with van der Waals surface area (Å²) in [6, 6.07) is 35.5. The van der Waals surface area contributed by atoms with Gasteiger partial charge in [0.15, 0.2) is 0 Å². The van der Waals surface area contributed by atoms with Gasteiger partial charge in [0.25, 0.3) is 0 Å². The average molecular weight is 396 g/mol. The number of ether oxygens (including phenoxy) is 1. The third kappa shape index (κ3) is 2.41. The fourth-order valence-electron chi connectivity index (χ4n) is 5.39. The Labute approximate surface area is 180 Å². The van der Waals surface area contributed by atoms with Crippen LogP contribution in [0.25, 0.3) is 54.2 Å². The molecule has 6 aromatic rings. The minimum atomic E-state index is 0.672. The van der Waals surface area contributed by atoms with E-state index < -0.39 is 0 Å². The molecule has 1 nitrogen and oxygen atoms in total. The lowest BCUT2D eigenvalue weighted by Gasteiger charge is -2.18. The second kappa shape index (κ2) is 6.41. The Morgan fingerprint density at radius 1 is 0.516 bits per heavy atom. The van der Waals surface area contributed by atoms with Crippen LogP contribution in [0.5, 0.6) is 0 Å². The van der Waals surface area contributed by atoms with Gasteiger partial charge in [0.2, 0.25) is 0 Å². The topological polar surface area (TPSA) is 9.23 Å². The van der Waals surface area contributed by atoms with Gasteiger partial charge in [0.1, 0.15) is 0 Å². The van der Waals surface area contributed by atoms with E-state index in [-0.39, 0.29) is 0 Å². The minimum Gasteiger partial charge on any atom is -0.372 e. The second-order valence-corrected chi connectivity index (χ2v) is 8.46. The summed E-state index contributed by atoms with van der Waals surface area (Å²) in [4.78, 5) is 0. The van der Waals surface area contributed by atoms with Gasteiger partial charge < -0.3 is 4.74 Å². The van der Waals surface area contributed by atoms with Gasteiger partial charge in [0, 0.05) is 0 Å². The first-order valence-electron chi connectivity index (χ1n) is 10.8. The molecular formula is C30H20O. The lowest BCUT2D eigenvalue weighted by atomic mass is 9.85. The van der Waals surface area contributed by atoms with Crippen molar-refractivity contribution in [3.05, 3.63) is 108 Å². The van der Waals surface area contributed by atoms with Crippen LogP contribution in [0, 0.1) is 0 Å². The van der Waals surface area contributed by atoms with E-state index in [1.54, 1.807) is 0 Å². The fraction of sp³-hybridized carbons (Fsp3) is 0.0667. The lowest BCUT2D eigenvalue weighted by Crippen LogP contribution is -1.94. The predicted octanol–water partition coefficient (Wildman–Crippen LogP) is 8.00. The normalized spacial score (nSPS) is 13.4. The summed E-state index contributed by atoms with van der Waals surface area (Å²) >= 11 is 0. The maximum Gasteiger partial charge on any atom is 0.0731 e. The van der Waals surface area contributed by atoms with E-state index in [4.69, 9.17) is 4.74 Å². The van der Waals surface area contributed by atoms with Gasteiger partial charge in [-0.05, 0) is 77.5 Å². The Morgan fingerprint density at radius 3 is 2.06 bits per heavy atom. The number of hydrogen-bond donors (Lipinski definition) is 0. The van der Waals surface area contributed by atoms with Crippen molar-refractivity contribution in [2.45, 2.75) is 13.2 Å². The molecule has 1 aliphatic heterocycles. The van der Waals surface area contributed by atoms with Gasteiger partial charge in [-0.2, -0.15) is 0 Å². The Morgan fingerprint density at radius 2 is 1.19 bits per heavy atom. The highest BCUT2D eigenvalue weighted by molar-refractivity contribution is 6.21. The molecule has 146 valence electrons. The van der Waals surface area contributed by atoms with Crippen molar-refractivity contribution in [1.82, 2.24) is 0 Å². The maximum absolute atomic E-state index is 5.96. The zero-order valence-corrected chi connectivity index (χ0v) is 17.1. The molecular weight excluding hydrogens is 376 g/mol. The van der Waals surface area contributed by atoms with Crippen molar-refractivity contribution >= 4 is 43.1 Å². The number of fused-ring (bicyclic) bond motifs is 7. The predicted molar refractivity (Wildman–Crippen MR) is 130 cm³/mol. The molecule has 0 spiro atoms. The zero-order chi connectivity index (χ0) is 20.4. The molecule has 0 bridgehead atoms. The van der Waals surface area contributed by atoms with E-state index in [9.17, 15) is 0 Å². The summed E-state index contributed by atoms with van der Waals surface area (Å²) in [5.41, 5.74) is 5.29. The van der Waals surface area contributed by atoms with Gasteiger partial charge >= 0.3 is 0 Å². The van der Waals surface area contributed by atoms with Crippen LogP contribution in [-0.4, -0.2) is 0 Å². The summed E-state index contributed by atoms with van der Waals surface area (Å²) in [5.74, 6) is 0. The summed E-state index contributed by atoms with van der Waals surface area (Å²) in [6.45, 7) is 1.36. The Bertz CT molecular complexity index is 1660. The van der Waals surface area contributed by atoms with Crippen molar-refractivity contribution in [1.29, 1.82) is 0 Å². The molecule has 0 amide bonds. The van der Waals surface area contributed by atoms with Crippen LogP contribution >= 0.6 is 0 Å². The fourth-order valence-corrected chi connectivity index (χ4v) is 5.39. The van der Waals surface area contributed by atoms with Crippen molar-refractivity contribution in [3.63, 3.8) is 0 Å². The van der Waals surface area contributed by atoms with Crippen molar-refractivity contribution in [3.8, 4) is 11.1 Å². The summed E-state index contributed by atoms with van der Waals surface area (Å²) < 4.78 is 5.96. The molecule has 0 fully saturated rings. The van der Waals surface area contributed by atoms with E-state index in [2.05, 4.69) is 97.1 Å². The largest absolute Gasteiger partial charge is 0.372 e. The van der Waals surface area contributed by atoms with Crippen molar-refractivity contribution in [2.75, 3.05) is 0 Å². The summed E-state index contributed by atoms with van der Waals surface area (Å²) in [7, 11) is 0. The van der Waals surface area contributed by atoms with Crippen LogP contribution in [0.1, 0.15) is 11.1 Å². The first-order valence-corrected chi connectivity index (χ1v) is 10.8. The van der Waals surface area contributed by atoms with Gasteiger partial charge in [-0.3, -0.25) is 0 Å². The van der Waals surface area contributed by atoms with Crippen molar-refractivity contribution < 1.29 is 4.74 Å². The van der Waals surface area contributed by atoms with Crippen LogP contribution in [0.4, 0.5) is 0 Å². The SMILES string of the molecule is c1ccc2c(c1)cc(-c1c3c(cc4ccc5ccccc5c14)COC3)c1ccccc12. The standard InChI is InChI=1S/C30H20O/c1-4-10-24-19(7-1)13-14-21-15-22-17-31-18-28(22)30(29(21)24)27-16-20-8-2-3-9-23(20)25-11-5-6-12-26(25)27/h1-16H,17-18H2. The minimum absolute atomic E-state index is 0.672. The molecule has 1 heteroatoms. The molecule has 6 aromatic carbocycles. The Hall–Kier alpha value is -3.68. The maximum atomic E-state index is 5.96. The molecule has 7 rings (SSSR count). The highest BCUT2D eigenvalue weighted by Gasteiger charge is 2.22. The van der Waals surface area contributed by atoms with E-state index in [1.807, 2.05) is 0 Å². The van der Waals surface area contributed by atoms with Crippen LogP contribution in [0.2, 0.25) is 0 Å². The first kappa shape index (κ1) is 17.0. The quantitative estimate of drug-likeness (QED) is 0.256. The Balaban J connectivity index is 1.75. The summed E-state index contributed by atoms with van der Waals surface area (Å²) in [5, 5.41) is 10.4. The first-order chi connectivity index (χ1) is 15.4. The average Bonchev–Trinajstić information content (AvgIpc) is 3.30. The highest BCUT2D eigenvalue weighted by atomic mass is 16.5. The molecule has 0 unspecified atom stereocenters. The molecule has 1 aliphatic rings. The molecule has 0 saturated heterocycles. The third-order valence-electron chi connectivity index (χ3n) is 6.77. The molecule has 0 aromatic heterocycles. The number of hydrogen-bond acceptors (Lipinski definition) is 1. The lowest BCUT2D eigenvalue weighted by molar-refractivity contribution is 0.134. The van der Waals surface area contributed by atoms with Gasteiger partial charge in [-0.1, -0.05) is 84.9 Å². The van der Waals surface area contributed by atoms with Crippen molar-refractivity contribution in [2.24, 2.45) is 0 Å². The molecule has 1 heterocycles. The third-order valence-corrected chi connectivity index (χ3v) is 6.77. The van der Waals surface area contributed by atoms with Crippen LogP contribution < -0.4 is 0 Å². The summed E-state index contributed by atoms with van der Waals surface area (Å²) in [6.07, 6.45) is 0. The van der Waals surface area contributed by atoms with Crippen LogP contribution in [0.15, 0.2) is 97.1 Å². The zero-order valence-electron chi connectivity index (χ0n) is 17.1. The van der Waals surface area contributed by atoms with Crippen LogP contribution in [0.3, 0.4) is 0 Å². The smallest absolute Gasteiger partial charge is 0.0731 e. The highest BCUT2D eigenvalue weighted by Crippen LogP contribution is 2.45. The van der Waals surface area contributed by atoms with E-state index >= 15 is 0 Å². The molecule has 31 heavy (non-hydrogen) atoms. The van der Waals surface area contributed by atoms with E-state index in [0.717, 1.165) is 0 Å². The molecule has 0 N–H and O–H groups in total. The monoisotopic (exact) mass is 396 g/mol.